The first-order valence-electron chi connectivity index (χ1n) is 9.10. The largest absolute Gasteiger partial charge is 0.483 e. The lowest BCUT2D eigenvalue weighted by Gasteiger charge is -2.11. The SMILES string of the molecule is O=C(COc1cccc2c1CCC2=O)Nc1ccc(Oc2ccccc2)cc1. The number of anilines is 1. The van der Waals surface area contributed by atoms with Gasteiger partial charge in [0.25, 0.3) is 5.91 Å². The number of hydrogen-bond donors (Lipinski definition) is 1. The van der Waals surface area contributed by atoms with Crippen LogP contribution in [0, 0.1) is 0 Å². The molecule has 4 rings (SSSR count). The first kappa shape index (κ1) is 17.8. The minimum absolute atomic E-state index is 0.118. The molecule has 0 atom stereocenters. The number of carbonyl (C=O) groups is 2. The molecule has 0 unspecified atom stereocenters. The van der Waals surface area contributed by atoms with Gasteiger partial charge in [0.15, 0.2) is 12.4 Å². The Bertz CT molecular complexity index is 997. The fourth-order valence-corrected chi connectivity index (χ4v) is 3.16. The van der Waals surface area contributed by atoms with Crippen LogP contribution in [0.5, 0.6) is 17.2 Å². The van der Waals surface area contributed by atoms with Gasteiger partial charge in [0, 0.05) is 23.2 Å². The molecule has 0 aliphatic heterocycles. The lowest BCUT2D eigenvalue weighted by atomic mass is 10.1. The maximum atomic E-state index is 12.2. The molecule has 5 heteroatoms. The molecule has 1 N–H and O–H groups in total. The van der Waals surface area contributed by atoms with Crippen LogP contribution in [0.3, 0.4) is 0 Å². The first-order chi connectivity index (χ1) is 13.7. The van der Waals surface area contributed by atoms with Gasteiger partial charge < -0.3 is 14.8 Å². The minimum Gasteiger partial charge on any atom is -0.483 e. The molecule has 0 spiro atoms. The summed E-state index contributed by atoms with van der Waals surface area (Å²) >= 11 is 0. The number of carbonyl (C=O) groups excluding carboxylic acids is 2. The molecule has 0 saturated heterocycles. The molecular weight excluding hydrogens is 354 g/mol. The average Bonchev–Trinajstić information content (AvgIpc) is 3.10. The van der Waals surface area contributed by atoms with Gasteiger partial charge in [-0.2, -0.15) is 0 Å². The lowest BCUT2D eigenvalue weighted by molar-refractivity contribution is -0.118. The summed E-state index contributed by atoms with van der Waals surface area (Å²) in [5.74, 6) is 1.90. The maximum absolute atomic E-state index is 12.2. The topological polar surface area (TPSA) is 64.6 Å². The van der Waals surface area contributed by atoms with Crippen molar-refractivity contribution in [2.24, 2.45) is 0 Å². The molecule has 3 aromatic carbocycles. The van der Waals surface area contributed by atoms with E-state index in [1.54, 1.807) is 42.5 Å². The van der Waals surface area contributed by atoms with E-state index in [1.165, 1.54) is 0 Å². The number of para-hydroxylation sites is 1. The molecule has 5 nitrogen and oxygen atoms in total. The van der Waals surface area contributed by atoms with Crippen molar-refractivity contribution in [2.45, 2.75) is 12.8 Å². The van der Waals surface area contributed by atoms with Gasteiger partial charge in [-0.1, -0.05) is 30.3 Å². The fourth-order valence-electron chi connectivity index (χ4n) is 3.16. The third-order valence-corrected chi connectivity index (χ3v) is 4.51. The van der Waals surface area contributed by atoms with Crippen molar-refractivity contribution >= 4 is 17.4 Å². The maximum Gasteiger partial charge on any atom is 0.262 e. The van der Waals surface area contributed by atoms with E-state index in [-0.39, 0.29) is 18.3 Å². The van der Waals surface area contributed by atoms with Crippen LogP contribution in [0.1, 0.15) is 22.3 Å². The van der Waals surface area contributed by atoms with Crippen LogP contribution in [0.2, 0.25) is 0 Å². The molecule has 140 valence electrons. The molecule has 0 aromatic heterocycles. The van der Waals surface area contributed by atoms with Crippen LogP contribution in [-0.2, 0) is 11.2 Å². The molecule has 1 aliphatic rings. The Hall–Kier alpha value is -3.60. The number of amides is 1. The van der Waals surface area contributed by atoms with E-state index in [2.05, 4.69) is 5.32 Å². The Morgan fingerprint density at radius 2 is 1.61 bits per heavy atom. The van der Waals surface area contributed by atoms with Gasteiger partial charge in [-0.25, -0.2) is 0 Å². The van der Waals surface area contributed by atoms with Crippen LogP contribution < -0.4 is 14.8 Å². The molecule has 0 radical (unpaired) electrons. The number of benzene rings is 3. The monoisotopic (exact) mass is 373 g/mol. The highest BCUT2D eigenvalue weighted by molar-refractivity contribution is 6.01. The quantitative estimate of drug-likeness (QED) is 0.684. The highest BCUT2D eigenvalue weighted by Gasteiger charge is 2.22. The van der Waals surface area contributed by atoms with Crippen molar-refractivity contribution < 1.29 is 19.1 Å². The van der Waals surface area contributed by atoms with Crippen molar-refractivity contribution in [1.82, 2.24) is 0 Å². The Morgan fingerprint density at radius 3 is 2.39 bits per heavy atom. The van der Waals surface area contributed by atoms with E-state index in [0.29, 0.717) is 35.6 Å². The van der Waals surface area contributed by atoms with E-state index in [0.717, 1.165) is 11.3 Å². The van der Waals surface area contributed by atoms with Crippen molar-refractivity contribution in [2.75, 3.05) is 11.9 Å². The number of nitrogens with one attached hydrogen (secondary N) is 1. The molecule has 0 fully saturated rings. The van der Waals surface area contributed by atoms with Crippen molar-refractivity contribution in [3.05, 3.63) is 83.9 Å². The van der Waals surface area contributed by atoms with E-state index in [9.17, 15) is 9.59 Å². The summed E-state index contributed by atoms with van der Waals surface area (Å²) < 4.78 is 11.4. The van der Waals surface area contributed by atoms with Gasteiger partial charge >= 0.3 is 0 Å². The second-order valence-electron chi connectivity index (χ2n) is 6.48. The summed E-state index contributed by atoms with van der Waals surface area (Å²) in [6.07, 6.45) is 1.16. The second kappa shape index (κ2) is 7.96. The van der Waals surface area contributed by atoms with Gasteiger partial charge in [0.2, 0.25) is 0 Å². The second-order valence-corrected chi connectivity index (χ2v) is 6.48. The minimum atomic E-state index is -0.265. The predicted octanol–water partition coefficient (Wildman–Crippen LogP) is 4.63. The summed E-state index contributed by atoms with van der Waals surface area (Å²) in [5.41, 5.74) is 2.25. The van der Waals surface area contributed by atoms with Crippen LogP contribution in [0.4, 0.5) is 5.69 Å². The molecule has 3 aromatic rings. The van der Waals surface area contributed by atoms with E-state index < -0.39 is 0 Å². The molecular formula is C23H19NO4. The Balaban J connectivity index is 1.33. The van der Waals surface area contributed by atoms with Gasteiger partial charge in [0.05, 0.1) is 0 Å². The highest BCUT2D eigenvalue weighted by atomic mass is 16.5. The summed E-state index contributed by atoms with van der Waals surface area (Å²) in [6, 6.07) is 22.0. The van der Waals surface area contributed by atoms with Gasteiger partial charge in [-0.15, -0.1) is 0 Å². The predicted molar refractivity (Wildman–Crippen MR) is 106 cm³/mol. The van der Waals surface area contributed by atoms with Crippen LogP contribution in [0.15, 0.2) is 72.8 Å². The lowest BCUT2D eigenvalue weighted by Crippen LogP contribution is -2.20. The first-order valence-corrected chi connectivity index (χ1v) is 9.10. The molecule has 1 amide bonds. The summed E-state index contributed by atoms with van der Waals surface area (Å²) in [4.78, 5) is 24.0. The molecule has 0 saturated carbocycles. The summed E-state index contributed by atoms with van der Waals surface area (Å²) in [6.45, 7) is -0.118. The number of fused-ring (bicyclic) bond motifs is 1. The summed E-state index contributed by atoms with van der Waals surface area (Å²) in [7, 11) is 0. The smallest absolute Gasteiger partial charge is 0.262 e. The van der Waals surface area contributed by atoms with Crippen molar-refractivity contribution in [3.63, 3.8) is 0 Å². The molecule has 28 heavy (non-hydrogen) atoms. The highest BCUT2D eigenvalue weighted by Crippen LogP contribution is 2.30. The molecule has 0 bridgehead atoms. The Kier molecular flexibility index (Phi) is 5.06. The fraction of sp³-hybridized carbons (Fsp3) is 0.130. The van der Waals surface area contributed by atoms with Gasteiger partial charge in [-0.05, 0) is 48.9 Å². The van der Waals surface area contributed by atoms with Gasteiger partial charge in [0.1, 0.15) is 17.2 Å². The zero-order valence-corrected chi connectivity index (χ0v) is 15.2. The number of ether oxygens (including phenoxy) is 2. The zero-order chi connectivity index (χ0) is 19.3. The van der Waals surface area contributed by atoms with E-state index in [4.69, 9.17) is 9.47 Å². The van der Waals surface area contributed by atoms with Gasteiger partial charge in [-0.3, -0.25) is 9.59 Å². The third-order valence-electron chi connectivity index (χ3n) is 4.51. The Labute approximate surface area is 162 Å². The van der Waals surface area contributed by atoms with Crippen molar-refractivity contribution in [3.8, 4) is 17.2 Å². The average molecular weight is 373 g/mol. The van der Waals surface area contributed by atoms with E-state index >= 15 is 0 Å². The van der Waals surface area contributed by atoms with Crippen LogP contribution in [-0.4, -0.2) is 18.3 Å². The van der Waals surface area contributed by atoms with Crippen molar-refractivity contribution in [1.29, 1.82) is 0 Å². The van der Waals surface area contributed by atoms with E-state index in [1.807, 2.05) is 30.3 Å². The number of hydrogen-bond acceptors (Lipinski definition) is 4. The van der Waals surface area contributed by atoms with Crippen LogP contribution >= 0.6 is 0 Å². The zero-order valence-electron chi connectivity index (χ0n) is 15.2. The standard InChI is InChI=1S/C23H19NO4/c25-21-14-13-20-19(21)7-4-8-22(20)27-15-23(26)24-16-9-11-18(12-10-16)28-17-5-2-1-3-6-17/h1-12H,13-15H2,(H,24,26). The third kappa shape index (κ3) is 4.04. The molecule has 0 heterocycles. The summed E-state index contributed by atoms with van der Waals surface area (Å²) in [5, 5.41) is 2.79. The van der Waals surface area contributed by atoms with Crippen LogP contribution in [0.25, 0.3) is 0 Å². The normalized spacial score (nSPS) is 12.4. The number of Topliss-reactive ketones (excluding diaryl/α,β-unsaturated/α-hetero) is 1. The Morgan fingerprint density at radius 1 is 0.857 bits per heavy atom. The number of rotatable bonds is 6. The molecule has 1 aliphatic carbocycles. The number of ketones is 1.